The SMILES string of the molecule is CCNS(=O)(=O)CCNC(=O)Nc1ccc(CN)cc1. The second kappa shape index (κ2) is 7.83. The number of rotatable bonds is 7. The van der Waals surface area contributed by atoms with Crippen molar-refractivity contribution in [2.75, 3.05) is 24.2 Å². The van der Waals surface area contributed by atoms with E-state index < -0.39 is 16.1 Å². The Labute approximate surface area is 119 Å². The minimum absolute atomic E-state index is 0.0437. The fourth-order valence-electron chi connectivity index (χ4n) is 1.49. The molecule has 0 saturated carbocycles. The molecule has 0 saturated heterocycles. The van der Waals surface area contributed by atoms with Gasteiger partial charge in [-0.1, -0.05) is 19.1 Å². The lowest BCUT2D eigenvalue weighted by Gasteiger charge is -2.08. The number of carbonyl (C=O) groups excluding carboxylic acids is 1. The summed E-state index contributed by atoms with van der Waals surface area (Å²) < 4.78 is 25.0. The highest BCUT2D eigenvalue weighted by Gasteiger charge is 2.09. The second-order valence-corrected chi connectivity index (χ2v) is 6.03. The molecule has 0 aromatic heterocycles. The maximum absolute atomic E-state index is 11.5. The van der Waals surface area contributed by atoms with E-state index in [1.165, 1.54) is 0 Å². The Morgan fingerprint density at radius 3 is 2.45 bits per heavy atom. The number of carbonyl (C=O) groups is 1. The summed E-state index contributed by atoms with van der Waals surface area (Å²) in [6.45, 7) is 2.52. The minimum Gasteiger partial charge on any atom is -0.337 e. The maximum atomic E-state index is 11.5. The summed E-state index contributed by atoms with van der Waals surface area (Å²) in [6.07, 6.45) is 0. The zero-order valence-electron chi connectivity index (χ0n) is 11.3. The molecule has 1 aromatic rings. The van der Waals surface area contributed by atoms with Gasteiger partial charge in [-0.15, -0.1) is 0 Å². The third-order valence-electron chi connectivity index (χ3n) is 2.47. The van der Waals surface area contributed by atoms with E-state index in [9.17, 15) is 13.2 Å². The van der Waals surface area contributed by atoms with Gasteiger partial charge in [0.05, 0.1) is 5.75 Å². The molecule has 0 atom stereocenters. The molecule has 20 heavy (non-hydrogen) atoms. The van der Waals surface area contributed by atoms with Gasteiger partial charge in [0.2, 0.25) is 10.0 Å². The van der Waals surface area contributed by atoms with Crippen LogP contribution < -0.4 is 21.1 Å². The summed E-state index contributed by atoms with van der Waals surface area (Å²) in [4.78, 5) is 11.5. The number of anilines is 1. The lowest BCUT2D eigenvalue weighted by Crippen LogP contribution is -2.36. The van der Waals surface area contributed by atoms with Crippen LogP contribution in [0.5, 0.6) is 0 Å². The van der Waals surface area contributed by atoms with Crippen LogP contribution in [0.4, 0.5) is 10.5 Å². The molecule has 0 spiro atoms. The van der Waals surface area contributed by atoms with Crippen LogP contribution >= 0.6 is 0 Å². The van der Waals surface area contributed by atoms with Gasteiger partial charge in [0.1, 0.15) is 0 Å². The van der Waals surface area contributed by atoms with E-state index in [1.807, 2.05) is 12.1 Å². The molecule has 0 radical (unpaired) electrons. The van der Waals surface area contributed by atoms with Crippen molar-refractivity contribution in [2.24, 2.45) is 5.73 Å². The third-order valence-corrected chi connectivity index (χ3v) is 3.94. The van der Waals surface area contributed by atoms with E-state index in [-0.39, 0.29) is 12.3 Å². The van der Waals surface area contributed by atoms with E-state index >= 15 is 0 Å². The van der Waals surface area contributed by atoms with Crippen molar-refractivity contribution in [1.29, 1.82) is 0 Å². The number of sulfonamides is 1. The smallest absolute Gasteiger partial charge is 0.319 e. The monoisotopic (exact) mass is 300 g/mol. The molecule has 7 nitrogen and oxygen atoms in total. The van der Waals surface area contributed by atoms with E-state index in [2.05, 4.69) is 15.4 Å². The molecular formula is C12H20N4O3S. The summed E-state index contributed by atoms with van der Waals surface area (Å²) in [5.41, 5.74) is 7.05. The molecule has 112 valence electrons. The lowest BCUT2D eigenvalue weighted by molar-refractivity contribution is 0.252. The molecule has 0 bridgehead atoms. The first kappa shape index (κ1) is 16.4. The Balaban J connectivity index is 2.36. The zero-order valence-corrected chi connectivity index (χ0v) is 12.2. The Bertz CT molecular complexity index is 528. The summed E-state index contributed by atoms with van der Waals surface area (Å²) in [5, 5.41) is 5.09. The number of hydrogen-bond acceptors (Lipinski definition) is 4. The van der Waals surface area contributed by atoms with Gasteiger partial charge in [0.25, 0.3) is 0 Å². The van der Waals surface area contributed by atoms with Crippen LogP contribution in [0.2, 0.25) is 0 Å². The first-order valence-corrected chi connectivity index (χ1v) is 7.93. The first-order valence-electron chi connectivity index (χ1n) is 6.28. The number of nitrogens with two attached hydrogens (primary N) is 1. The molecule has 0 unspecified atom stereocenters. The fourth-order valence-corrected chi connectivity index (χ4v) is 2.45. The summed E-state index contributed by atoms with van der Waals surface area (Å²) in [7, 11) is -3.32. The minimum atomic E-state index is -3.32. The molecule has 0 heterocycles. The molecular weight excluding hydrogens is 280 g/mol. The van der Waals surface area contributed by atoms with Gasteiger partial charge in [0, 0.05) is 25.3 Å². The number of benzene rings is 1. The zero-order chi connectivity index (χ0) is 15.0. The lowest BCUT2D eigenvalue weighted by atomic mass is 10.2. The number of hydrogen-bond donors (Lipinski definition) is 4. The second-order valence-electron chi connectivity index (χ2n) is 4.10. The van der Waals surface area contributed by atoms with Crippen LogP contribution in [0.1, 0.15) is 12.5 Å². The van der Waals surface area contributed by atoms with Gasteiger partial charge in [-0.2, -0.15) is 0 Å². The highest BCUT2D eigenvalue weighted by molar-refractivity contribution is 7.89. The van der Waals surface area contributed by atoms with Gasteiger partial charge >= 0.3 is 6.03 Å². The molecule has 1 aromatic carbocycles. The predicted octanol–water partition coefficient (Wildman–Crippen LogP) is 0.206. The summed E-state index contributed by atoms with van der Waals surface area (Å²) in [6, 6.07) is 6.64. The van der Waals surface area contributed by atoms with Crippen LogP contribution in [0, 0.1) is 0 Å². The summed E-state index contributed by atoms with van der Waals surface area (Å²) >= 11 is 0. The van der Waals surface area contributed by atoms with Crippen molar-refractivity contribution in [1.82, 2.24) is 10.0 Å². The Morgan fingerprint density at radius 1 is 1.25 bits per heavy atom. The highest BCUT2D eigenvalue weighted by Crippen LogP contribution is 2.08. The van der Waals surface area contributed by atoms with Crippen molar-refractivity contribution in [2.45, 2.75) is 13.5 Å². The number of amides is 2. The Morgan fingerprint density at radius 2 is 1.90 bits per heavy atom. The molecule has 0 aliphatic heterocycles. The fraction of sp³-hybridized carbons (Fsp3) is 0.417. The largest absolute Gasteiger partial charge is 0.337 e. The van der Waals surface area contributed by atoms with Crippen LogP contribution in [0.3, 0.4) is 0 Å². The van der Waals surface area contributed by atoms with Crippen LogP contribution in [-0.2, 0) is 16.6 Å². The van der Waals surface area contributed by atoms with Crippen molar-refractivity contribution in [3.63, 3.8) is 0 Å². The van der Waals surface area contributed by atoms with Crippen molar-refractivity contribution >= 4 is 21.7 Å². The Kier molecular flexibility index (Phi) is 6.43. The van der Waals surface area contributed by atoms with E-state index in [4.69, 9.17) is 5.73 Å². The summed E-state index contributed by atoms with van der Waals surface area (Å²) in [5.74, 6) is -0.152. The molecule has 8 heteroatoms. The first-order chi connectivity index (χ1) is 9.46. The van der Waals surface area contributed by atoms with Gasteiger partial charge in [-0.3, -0.25) is 0 Å². The van der Waals surface area contributed by atoms with Gasteiger partial charge in [-0.05, 0) is 17.7 Å². The molecule has 0 aliphatic rings. The van der Waals surface area contributed by atoms with E-state index in [0.717, 1.165) is 5.56 Å². The standard InChI is InChI=1S/C12H20N4O3S/c1-2-15-20(18,19)8-7-14-12(17)16-11-5-3-10(9-13)4-6-11/h3-6,15H,2,7-9,13H2,1H3,(H2,14,16,17). The number of nitrogens with one attached hydrogen (secondary N) is 3. The maximum Gasteiger partial charge on any atom is 0.319 e. The van der Waals surface area contributed by atoms with Crippen LogP contribution in [0.15, 0.2) is 24.3 Å². The van der Waals surface area contributed by atoms with Gasteiger partial charge in [0.15, 0.2) is 0 Å². The van der Waals surface area contributed by atoms with E-state index in [1.54, 1.807) is 19.1 Å². The van der Waals surface area contributed by atoms with Gasteiger partial charge in [-0.25, -0.2) is 17.9 Å². The topological polar surface area (TPSA) is 113 Å². The van der Waals surface area contributed by atoms with Crippen molar-refractivity contribution < 1.29 is 13.2 Å². The normalized spacial score (nSPS) is 11.1. The molecule has 0 fully saturated rings. The molecule has 0 aliphatic carbocycles. The predicted molar refractivity (Wildman–Crippen MR) is 78.8 cm³/mol. The molecule has 5 N–H and O–H groups in total. The van der Waals surface area contributed by atoms with Crippen molar-refractivity contribution in [3.05, 3.63) is 29.8 Å². The van der Waals surface area contributed by atoms with Crippen LogP contribution in [-0.4, -0.2) is 33.3 Å². The highest BCUT2D eigenvalue weighted by atomic mass is 32.2. The third kappa shape index (κ3) is 6.00. The number of urea groups is 1. The molecule has 1 rings (SSSR count). The molecule has 2 amide bonds. The van der Waals surface area contributed by atoms with Gasteiger partial charge < -0.3 is 16.4 Å². The Hall–Kier alpha value is -1.64. The van der Waals surface area contributed by atoms with Crippen LogP contribution in [0.25, 0.3) is 0 Å². The van der Waals surface area contributed by atoms with E-state index in [0.29, 0.717) is 18.8 Å². The quantitative estimate of drug-likeness (QED) is 0.576. The average Bonchev–Trinajstić information content (AvgIpc) is 2.39. The van der Waals surface area contributed by atoms with Crippen molar-refractivity contribution in [3.8, 4) is 0 Å². The average molecular weight is 300 g/mol.